The Labute approximate surface area is 107 Å². The van der Waals surface area contributed by atoms with Crippen LogP contribution in [0.15, 0.2) is 30.3 Å². The maximum Gasteiger partial charge on any atom is 0.117 e. The highest BCUT2D eigenvalue weighted by Gasteiger charge is 2.25. The molecule has 1 aromatic heterocycles. The van der Waals surface area contributed by atoms with E-state index in [1.165, 1.54) is 5.56 Å². The van der Waals surface area contributed by atoms with Crippen molar-refractivity contribution in [2.45, 2.75) is 39.3 Å². The van der Waals surface area contributed by atoms with Crippen LogP contribution >= 0.6 is 0 Å². The van der Waals surface area contributed by atoms with Crippen LogP contribution in [-0.2, 0) is 18.6 Å². The van der Waals surface area contributed by atoms with Crippen molar-refractivity contribution in [1.29, 1.82) is 0 Å². The SMILES string of the molecule is CCc1c(C(C)(C)O)nnn1Cc1ccccc1. The summed E-state index contributed by atoms with van der Waals surface area (Å²) in [7, 11) is 0. The van der Waals surface area contributed by atoms with Gasteiger partial charge in [-0.15, -0.1) is 5.10 Å². The molecule has 0 aliphatic carbocycles. The zero-order valence-corrected chi connectivity index (χ0v) is 11.1. The second-order valence-electron chi connectivity index (χ2n) is 4.94. The molecule has 2 aromatic rings. The molecule has 0 atom stereocenters. The molecule has 0 aliphatic heterocycles. The van der Waals surface area contributed by atoms with E-state index in [-0.39, 0.29) is 0 Å². The molecule has 0 radical (unpaired) electrons. The number of hydrogen-bond acceptors (Lipinski definition) is 3. The Hall–Kier alpha value is -1.68. The first kappa shape index (κ1) is 12.8. The first-order valence-electron chi connectivity index (χ1n) is 6.21. The van der Waals surface area contributed by atoms with Crippen molar-refractivity contribution in [3.63, 3.8) is 0 Å². The van der Waals surface area contributed by atoms with Crippen LogP contribution in [0.2, 0.25) is 0 Å². The van der Waals surface area contributed by atoms with Crippen LogP contribution in [0.5, 0.6) is 0 Å². The fourth-order valence-corrected chi connectivity index (χ4v) is 2.04. The molecule has 0 fully saturated rings. The van der Waals surface area contributed by atoms with Gasteiger partial charge in [-0.3, -0.25) is 0 Å². The second kappa shape index (κ2) is 4.90. The first-order valence-corrected chi connectivity index (χ1v) is 6.21. The molecule has 4 heteroatoms. The maximum atomic E-state index is 10.1. The fraction of sp³-hybridized carbons (Fsp3) is 0.429. The van der Waals surface area contributed by atoms with Crippen molar-refractivity contribution < 1.29 is 5.11 Å². The van der Waals surface area contributed by atoms with E-state index in [4.69, 9.17) is 0 Å². The number of nitrogens with zero attached hydrogens (tertiary/aromatic N) is 3. The third kappa shape index (κ3) is 2.59. The number of rotatable bonds is 4. The minimum Gasteiger partial charge on any atom is -0.384 e. The van der Waals surface area contributed by atoms with E-state index in [1.54, 1.807) is 13.8 Å². The minimum absolute atomic E-state index is 0.668. The Balaban J connectivity index is 2.32. The molecule has 0 saturated carbocycles. The number of benzene rings is 1. The monoisotopic (exact) mass is 245 g/mol. The summed E-state index contributed by atoms with van der Waals surface area (Å²) in [6, 6.07) is 10.1. The van der Waals surface area contributed by atoms with Gasteiger partial charge >= 0.3 is 0 Å². The molecule has 0 amide bonds. The molecular weight excluding hydrogens is 226 g/mol. The Morgan fingerprint density at radius 1 is 1.22 bits per heavy atom. The average Bonchev–Trinajstić information content (AvgIpc) is 2.73. The summed E-state index contributed by atoms with van der Waals surface area (Å²) in [5.74, 6) is 0. The van der Waals surface area contributed by atoms with E-state index in [0.29, 0.717) is 12.2 Å². The Kier molecular flexibility index (Phi) is 3.48. The molecule has 0 saturated heterocycles. The highest BCUT2D eigenvalue weighted by molar-refractivity contribution is 5.20. The number of aromatic nitrogens is 3. The second-order valence-corrected chi connectivity index (χ2v) is 4.94. The summed E-state index contributed by atoms with van der Waals surface area (Å²) in [4.78, 5) is 0. The van der Waals surface area contributed by atoms with E-state index in [1.807, 2.05) is 22.9 Å². The maximum absolute atomic E-state index is 10.1. The number of hydrogen-bond donors (Lipinski definition) is 1. The molecule has 4 nitrogen and oxygen atoms in total. The van der Waals surface area contributed by atoms with Crippen LogP contribution in [0.1, 0.15) is 37.7 Å². The largest absolute Gasteiger partial charge is 0.384 e. The molecule has 96 valence electrons. The zero-order chi connectivity index (χ0) is 13.2. The van der Waals surface area contributed by atoms with Gasteiger partial charge < -0.3 is 5.11 Å². The summed E-state index contributed by atoms with van der Waals surface area (Å²) in [6.45, 7) is 6.22. The lowest BCUT2D eigenvalue weighted by molar-refractivity contribution is 0.0727. The lowest BCUT2D eigenvalue weighted by Crippen LogP contribution is -2.19. The lowest BCUT2D eigenvalue weighted by Gasteiger charge is -2.16. The molecule has 0 spiro atoms. The van der Waals surface area contributed by atoms with E-state index in [0.717, 1.165) is 12.1 Å². The number of aliphatic hydroxyl groups is 1. The highest BCUT2D eigenvalue weighted by atomic mass is 16.3. The van der Waals surface area contributed by atoms with Gasteiger partial charge in [0.25, 0.3) is 0 Å². The molecule has 1 heterocycles. The molecule has 1 N–H and O–H groups in total. The van der Waals surface area contributed by atoms with Crippen molar-refractivity contribution in [1.82, 2.24) is 15.0 Å². The molecule has 0 aliphatic rings. The van der Waals surface area contributed by atoms with Crippen molar-refractivity contribution in [2.75, 3.05) is 0 Å². The predicted octanol–water partition coefficient (Wildman–Crippen LogP) is 2.12. The average molecular weight is 245 g/mol. The fourth-order valence-electron chi connectivity index (χ4n) is 2.04. The smallest absolute Gasteiger partial charge is 0.117 e. The van der Waals surface area contributed by atoms with Gasteiger partial charge in [0.15, 0.2) is 0 Å². The van der Waals surface area contributed by atoms with Crippen LogP contribution in [-0.4, -0.2) is 20.1 Å². The van der Waals surface area contributed by atoms with Gasteiger partial charge in [-0.1, -0.05) is 42.5 Å². The van der Waals surface area contributed by atoms with Gasteiger partial charge in [0.05, 0.1) is 12.2 Å². The summed E-state index contributed by atoms with van der Waals surface area (Å²) in [5, 5.41) is 18.3. The van der Waals surface area contributed by atoms with E-state index in [2.05, 4.69) is 29.4 Å². The van der Waals surface area contributed by atoms with Crippen LogP contribution < -0.4 is 0 Å². The van der Waals surface area contributed by atoms with E-state index < -0.39 is 5.60 Å². The highest BCUT2D eigenvalue weighted by Crippen LogP contribution is 2.22. The quantitative estimate of drug-likeness (QED) is 0.897. The summed E-state index contributed by atoms with van der Waals surface area (Å²) < 4.78 is 1.86. The van der Waals surface area contributed by atoms with Gasteiger partial charge in [0.1, 0.15) is 11.3 Å². The molecule has 18 heavy (non-hydrogen) atoms. The molecule has 2 rings (SSSR count). The van der Waals surface area contributed by atoms with Crippen LogP contribution in [0.4, 0.5) is 0 Å². The Bertz CT molecular complexity index is 512. The predicted molar refractivity (Wildman–Crippen MR) is 70.2 cm³/mol. The van der Waals surface area contributed by atoms with Crippen molar-refractivity contribution >= 4 is 0 Å². The van der Waals surface area contributed by atoms with E-state index in [9.17, 15) is 5.11 Å². The van der Waals surface area contributed by atoms with Crippen LogP contribution in [0.25, 0.3) is 0 Å². The molecule has 0 bridgehead atoms. The van der Waals surface area contributed by atoms with E-state index >= 15 is 0 Å². The molecular formula is C14H19N3O. The minimum atomic E-state index is -0.944. The van der Waals surface area contributed by atoms with Crippen molar-refractivity contribution in [3.8, 4) is 0 Å². The molecule has 1 aromatic carbocycles. The Morgan fingerprint density at radius 3 is 2.44 bits per heavy atom. The van der Waals surface area contributed by atoms with Crippen molar-refractivity contribution in [2.24, 2.45) is 0 Å². The van der Waals surface area contributed by atoms with Gasteiger partial charge in [-0.2, -0.15) is 0 Å². The third-order valence-electron chi connectivity index (χ3n) is 2.93. The van der Waals surface area contributed by atoms with Crippen LogP contribution in [0.3, 0.4) is 0 Å². The topological polar surface area (TPSA) is 50.9 Å². The van der Waals surface area contributed by atoms with Crippen LogP contribution in [0, 0.1) is 0 Å². The third-order valence-corrected chi connectivity index (χ3v) is 2.93. The standard InChI is InChI=1S/C14H19N3O/c1-4-12-13(14(2,3)18)15-16-17(12)10-11-8-6-5-7-9-11/h5-9,18H,4,10H2,1-3H3. The molecule has 0 unspecified atom stereocenters. The first-order chi connectivity index (χ1) is 8.52. The summed E-state index contributed by atoms with van der Waals surface area (Å²) >= 11 is 0. The van der Waals surface area contributed by atoms with Gasteiger partial charge in [0, 0.05) is 0 Å². The van der Waals surface area contributed by atoms with Gasteiger partial charge in [0.2, 0.25) is 0 Å². The Morgan fingerprint density at radius 2 is 1.89 bits per heavy atom. The van der Waals surface area contributed by atoms with Gasteiger partial charge in [-0.25, -0.2) is 4.68 Å². The summed E-state index contributed by atoms with van der Waals surface area (Å²) in [5.41, 5.74) is 1.90. The van der Waals surface area contributed by atoms with Crippen molar-refractivity contribution in [3.05, 3.63) is 47.3 Å². The normalized spacial score (nSPS) is 11.8. The zero-order valence-electron chi connectivity index (χ0n) is 11.1. The summed E-state index contributed by atoms with van der Waals surface area (Å²) in [6.07, 6.45) is 0.805. The lowest BCUT2D eigenvalue weighted by atomic mass is 10.0. The van der Waals surface area contributed by atoms with Gasteiger partial charge in [-0.05, 0) is 25.8 Å².